The van der Waals surface area contributed by atoms with Crippen molar-refractivity contribution >= 4 is 27.5 Å². The third kappa shape index (κ3) is 7.27. The largest absolute Gasteiger partial charge is 0.352 e. The Morgan fingerprint density at radius 2 is 1.77 bits per heavy atom. The van der Waals surface area contributed by atoms with Gasteiger partial charge in [-0.3, -0.25) is 13.9 Å². The molecule has 2 aromatic carbocycles. The zero-order valence-corrected chi connectivity index (χ0v) is 21.4. The molecule has 9 heteroatoms. The number of sulfonamides is 1. The van der Waals surface area contributed by atoms with Crippen molar-refractivity contribution in [2.24, 2.45) is 0 Å². The minimum Gasteiger partial charge on any atom is -0.352 e. The van der Waals surface area contributed by atoms with Gasteiger partial charge in [-0.2, -0.15) is 0 Å². The van der Waals surface area contributed by atoms with Crippen molar-refractivity contribution in [2.75, 3.05) is 17.1 Å². The molecular formula is C26H34FN3O4S. The fourth-order valence-electron chi connectivity index (χ4n) is 4.41. The van der Waals surface area contributed by atoms with Crippen LogP contribution in [0.25, 0.3) is 0 Å². The van der Waals surface area contributed by atoms with Gasteiger partial charge in [0.2, 0.25) is 21.8 Å². The minimum atomic E-state index is -3.97. The van der Waals surface area contributed by atoms with Crippen LogP contribution >= 0.6 is 0 Å². The number of nitrogens with zero attached hydrogens (tertiary/aromatic N) is 2. The number of rotatable bonds is 9. The number of carbonyl (C=O) groups is 2. The Kier molecular flexibility index (Phi) is 8.88. The van der Waals surface area contributed by atoms with Gasteiger partial charge < -0.3 is 10.2 Å². The quantitative estimate of drug-likeness (QED) is 0.565. The molecule has 190 valence electrons. The van der Waals surface area contributed by atoms with Crippen molar-refractivity contribution in [3.05, 3.63) is 65.5 Å². The Morgan fingerprint density at radius 3 is 2.40 bits per heavy atom. The average molecular weight is 504 g/mol. The molecule has 0 unspecified atom stereocenters. The van der Waals surface area contributed by atoms with Crippen molar-refractivity contribution in [2.45, 2.75) is 64.6 Å². The Bertz CT molecular complexity index is 1150. The first-order valence-corrected chi connectivity index (χ1v) is 13.8. The molecule has 1 aliphatic rings. The molecule has 0 spiro atoms. The highest BCUT2D eigenvalue weighted by atomic mass is 32.2. The number of aryl methyl sites for hydroxylation is 1. The van der Waals surface area contributed by atoms with Gasteiger partial charge in [0.25, 0.3) is 0 Å². The van der Waals surface area contributed by atoms with Crippen LogP contribution in [0.15, 0.2) is 48.5 Å². The van der Waals surface area contributed by atoms with Crippen molar-refractivity contribution in [3.63, 3.8) is 0 Å². The van der Waals surface area contributed by atoms with E-state index in [0.29, 0.717) is 0 Å². The fraction of sp³-hybridized carbons (Fsp3) is 0.462. The molecule has 1 aliphatic carbocycles. The second kappa shape index (κ2) is 11.7. The highest BCUT2D eigenvalue weighted by Gasteiger charge is 2.31. The van der Waals surface area contributed by atoms with Crippen LogP contribution in [0.2, 0.25) is 0 Å². The summed E-state index contributed by atoms with van der Waals surface area (Å²) in [6, 6.07) is 12.2. The van der Waals surface area contributed by atoms with E-state index >= 15 is 0 Å². The number of halogens is 1. The van der Waals surface area contributed by atoms with E-state index < -0.39 is 34.3 Å². The molecular weight excluding hydrogens is 469 g/mol. The maximum absolute atomic E-state index is 14.5. The van der Waals surface area contributed by atoms with Crippen LogP contribution < -0.4 is 9.62 Å². The Morgan fingerprint density at radius 1 is 1.09 bits per heavy atom. The van der Waals surface area contributed by atoms with Crippen LogP contribution in [0, 0.1) is 12.7 Å². The summed E-state index contributed by atoms with van der Waals surface area (Å²) in [7, 11) is -3.97. The number of nitrogens with one attached hydrogen (secondary N) is 1. The number of carbonyl (C=O) groups excluding carboxylic acids is 2. The lowest BCUT2D eigenvalue weighted by Gasteiger charge is -2.33. The van der Waals surface area contributed by atoms with E-state index in [1.807, 2.05) is 31.2 Å². The second-order valence-electron chi connectivity index (χ2n) is 9.25. The zero-order chi connectivity index (χ0) is 25.6. The monoisotopic (exact) mass is 503 g/mol. The highest BCUT2D eigenvalue weighted by Crippen LogP contribution is 2.23. The maximum Gasteiger partial charge on any atom is 0.244 e. The number of benzene rings is 2. The molecule has 1 saturated carbocycles. The first-order valence-electron chi connectivity index (χ1n) is 11.9. The van der Waals surface area contributed by atoms with Crippen molar-refractivity contribution < 1.29 is 22.4 Å². The molecule has 0 saturated heterocycles. The van der Waals surface area contributed by atoms with Crippen molar-refractivity contribution in [3.8, 4) is 0 Å². The number of hydrogen-bond acceptors (Lipinski definition) is 4. The van der Waals surface area contributed by atoms with E-state index in [4.69, 9.17) is 0 Å². The van der Waals surface area contributed by atoms with E-state index in [1.165, 1.54) is 23.1 Å². The molecule has 1 atom stereocenters. The van der Waals surface area contributed by atoms with Crippen LogP contribution in [0.3, 0.4) is 0 Å². The third-order valence-electron chi connectivity index (χ3n) is 6.35. The van der Waals surface area contributed by atoms with E-state index in [0.717, 1.165) is 59.9 Å². The van der Waals surface area contributed by atoms with E-state index in [-0.39, 0.29) is 24.2 Å². The SMILES string of the molecule is Cc1cccc(CN(C(=O)CN(c2ccccc2F)S(C)(=O)=O)[C@@H](C)C(=O)NC2CCCCC2)c1. The van der Waals surface area contributed by atoms with Crippen LogP contribution in [-0.2, 0) is 26.2 Å². The summed E-state index contributed by atoms with van der Waals surface area (Å²) in [5, 5.41) is 3.05. The molecule has 0 aromatic heterocycles. The molecule has 2 aromatic rings. The first kappa shape index (κ1) is 26.7. The normalized spacial score (nSPS) is 15.3. The van der Waals surface area contributed by atoms with Gasteiger partial charge >= 0.3 is 0 Å². The van der Waals surface area contributed by atoms with E-state index in [9.17, 15) is 22.4 Å². The van der Waals surface area contributed by atoms with Crippen LogP contribution in [0.5, 0.6) is 0 Å². The summed E-state index contributed by atoms with van der Waals surface area (Å²) >= 11 is 0. The summed E-state index contributed by atoms with van der Waals surface area (Å²) in [5.41, 5.74) is 1.60. The van der Waals surface area contributed by atoms with E-state index in [1.54, 1.807) is 6.92 Å². The lowest BCUT2D eigenvalue weighted by Crippen LogP contribution is -2.53. The number of para-hydroxylation sites is 1. The smallest absolute Gasteiger partial charge is 0.244 e. The standard InChI is InChI=1S/C26H34FN3O4S/c1-19-10-9-11-21(16-19)17-29(20(2)26(32)28-22-12-5-4-6-13-22)25(31)18-30(35(3,33)34)24-15-8-7-14-23(24)27/h7-11,14-16,20,22H,4-6,12-13,17-18H2,1-3H3,(H,28,32)/t20-/m0/s1. The fourth-order valence-corrected chi connectivity index (χ4v) is 5.26. The van der Waals surface area contributed by atoms with Gasteiger partial charge in [-0.25, -0.2) is 12.8 Å². The summed E-state index contributed by atoms with van der Waals surface area (Å²) in [4.78, 5) is 28.0. The zero-order valence-electron chi connectivity index (χ0n) is 20.5. The van der Waals surface area contributed by atoms with Gasteiger partial charge in [-0.1, -0.05) is 61.2 Å². The Hall–Kier alpha value is -2.94. The van der Waals surface area contributed by atoms with Gasteiger partial charge in [-0.15, -0.1) is 0 Å². The topological polar surface area (TPSA) is 86.8 Å². The molecule has 0 bridgehead atoms. The molecule has 2 amide bonds. The summed E-state index contributed by atoms with van der Waals surface area (Å²) in [6.07, 6.45) is 5.99. The van der Waals surface area contributed by atoms with Gasteiger partial charge in [0.15, 0.2) is 0 Å². The lowest BCUT2D eigenvalue weighted by molar-refractivity contribution is -0.139. The summed E-state index contributed by atoms with van der Waals surface area (Å²) in [6.45, 7) is 3.07. The van der Waals surface area contributed by atoms with Crippen LogP contribution in [-0.4, -0.2) is 50.0 Å². The van der Waals surface area contributed by atoms with Crippen LogP contribution in [0.1, 0.15) is 50.2 Å². The second-order valence-corrected chi connectivity index (χ2v) is 11.2. The Balaban J connectivity index is 1.88. The Labute approximate surface area is 207 Å². The number of hydrogen-bond donors (Lipinski definition) is 1. The molecule has 3 rings (SSSR count). The van der Waals surface area contributed by atoms with Crippen molar-refractivity contribution in [1.29, 1.82) is 0 Å². The molecule has 35 heavy (non-hydrogen) atoms. The number of amides is 2. The highest BCUT2D eigenvalue weighted by molar-refractivity contribution is 7.92. The lowest BCUT2D eigenvalue weighted by atomic mass is 9.95. The van der Waals surface area contributed by atoms with Gasteiger partial charge in [0.1, 0.15) is 18.4 Å². The molecule has 0 aliphatic heterocycles. The van der Waals surface area contributed by atoms with Crippen molar-refractivity contribution in [1.82, 2.24) is 10.2 Å². The molecule has 1 N–H and O–H groups in total. The van der Waals surface area contributed by atoms with Crippen LogP contribution in [0.4, 0.5) is 10.1 Å². The predicted octanol–water partition coefficient (Wildman–Crippen LogP) is 3.77. The first-order chi connectivity index (χ1) is 16.6. The molecule has 1 fully saturated rings. The molecule has 0 radical (unpaired) electrons. The van der Waals surface area contributed by atoms with Gasteiger partial charge in [0, 0.05) is 12.6 Å². The maximum atomic E-state index is 14.5. The average Bonchev–Trinajstić information content (AvgIpc) is 2.81. The molecule has 7 nitrogen and oxygen atoms in total. The summed E-state index contributed by atoms with van der Waals surface area (Å²) < 4.78 is 40.3. The third-order valence-corrected chi connectivity index (χ3v) is 7.48. The summed E-state index contributed by atoms with van der Waals surface area (Å²) in [5.74, 6) is -1.62. The minimum absolute atomic E-state index is 0.0700. The molecule has 0 heterocycles. The van der Waals surface area contributed by atoms with Gasteiger partial charge in [-0.05, 0) is 44.4 Å². The van der Waals surface area contributed by atoms with E-state index in [2.05, 4.69) is 5.32 Å². The number of anilines is 1. The van der Waals surface area contributed by atoms with Gasteiger partial charge in [0.05, 0.1) is 11.9 Å². The predicted molar refractivity (Wildman–Crippen MR) is 135 cm³/mol.